The molecular weight excluding hydrogens is 172 g/mol. The summed E-state index contributed by atoms with van der Waals surface area (Å²) in [6.45, 7) is 0.623. The third-order valence-corrected chi connectivity index (χ3v) is 2.81. The van der Waals surface area contributed by atoms with Crippen LogP contribution in [0.3, 0.4) is 0 Å². The van der Waals surface area contributed by atoms with E-state index in [-0.39, 0.29) is 0 Å². The highest BCUT2D eigenvalue weighted by Crippen LogP contribution is 2.23. The molecule has 1 saturated carbocycles. The quantitative estimate of drug-likeness (QED) is 0.779. The molecule has 1 aliphatic carbocycles. The SMILES string of the molecule is Nc1nc(COC2CCC2)cs1. The molecule has 0 spiro atoms. The van der Waals surface area contributed by atoms with Crippen LogP contribution in [-0.2, 0) is 11.3 Å². The lowest BCUT2D eigenvalue weighted by molar-refractivity contribution is -0.00985. The number of hydrogen-bond acceptors (Lipinski definition) is 4. The van der Waals surface area contributed by atoms with Gasteiger partial charge in [-0.3, -0.25) is 0 Å². The Hall–Kier alpha value is -0.610. The van der Waals surface area contributed by atoms with E-state index in [0.717, 1.165) is 5.69 Å². The maximum atomic E-state index is 5.57. The normalized spacial score (nSPS) is 17.7. The molecule has 66 valence electrons. The van der Waals surface area contributed by atoms with Gasteiger partial charge in [0.2, 0.25) is 0 Å². The van der Waals surface area contributed by atoms with E-state index < -0.39 is 0 Å². The van der Waals surface area contributed by atoms with Crippen molar-refractivity contribution in [2.45, 2.75) is 32.0 Å². The molecule has 1 heterocycles. The molecule has 2 N–H and O–H groups in total. The Balaban J connectivity index is 1.79. The number of anilines is 1. The second kappa shape index (κ2) is 3.41. The fourth-order valence-corrected chi connectivity index (χ4v) is 1.68. The molecule has 0 unspecified atom stereocenters. The molecule has 4 heteroatoms. The average molecular weight is 184 g/mol. The monoisotopic (exact) mass is 184 g/mol. The van der Waals surface area contributed by atoms with Gasteiger partial charge in [-0.05, 0) is 19.3 Å². The molecule has 1 fully saturated rings. The van der Waals surface area contributed by atoms with Gasteiger partial charge in [-0.25, -0.2) is 4.98 Å². The van der Waals surface area contributed by atoms with Crippen LogP contribution in [0, 0.1) is 0 Å². The van der Waals surface area contributed by atoms with Gasteiger partial charge in [-0.1, -0.05) is 0 Å². The Labute approximate surface area is 75.6 Å². The molecule has 3 nitrogen and oxygen atoms in total. The largest absolute Gasteiger partial charge is 0.375 e. The summed E-state index contributed by atoms with van der Waals surface area (Å²) in [6, 6.07) is 0. The van der Waals surface area contributed by atoms with Crippen LogP contribution < -0.4 is 5.73 Å². The van der Waals surface area contributed by atoms with Gasteiger partial charge in [0.1, 0.15) is 0 Å². The van der Waals surface area contributed by atoms with Crippen molar-refractivity contribution in [2.75, 3.05) is 5.73 Å². The van der Waals surface area contributed by atoms with Gasteiger partial charge in [-0.15, -0.1) is 11.3 Å². The number of nitrogens with two attached hydrogens (primary N) is 1. The van der Waals surface area contributed by atoms with Gasteiger partial charge in [-0.2, -0.15) is 0 Å². The number of nitrogen functional groups attached to an aromatic ring is 1. The summed E-state index contributed by atoms with van der Waals surface area (Å²) in [5, 5.41) is 2.58. The number of nitrogens with zero attached hydrogens (tertiary/aromatic N) is 1. The predicted octanol–water partition coefficient (Wildman–Crippen LogP) is 1.79. The van der Waals surface area contributed by atoms with E-state index in [2.05, 4.69) is 4.98 Å². The van der Waals surface area contributed by atoms with Gasteiger partial charge in [0.05, 0.1) is 18.4 Å². The van der Waals surface area contributed by atoms with Gasteiger partial charge in [0.15, 0.2) is 5.13 Å². The molecule has 2 rings (SSSR count). The summed E-state index contributed by atoms with van der Waals surface area (Å²) in [6.07, 6.45) is 4.20. The van der Waals surface area contributed by atoms with E-state index in [9.17, 15) is 0 Å². The fourth-order valence-electron chi connectivity index (χ4n) is 1.13. The van der Waals surface area contributed by atoms with Crippen LogP contribution in [0.25, 0.3) is 0 Å². The minimum Gasteiger partial charge on any atom is -0.375 e. The smallest absolute Gasteiger partial charge is 0.180 e. The maximum Gasteiger partial charge on any atom is 0.180 e. The zero-order chi connectivity index (χ0) is 8.39. The molecule has 0 atom stereocenters. The summed E-state index contributed by atoms with van der Waals surface area (Å²) in [5.74, 6) is 0. The number of hydrogen-bond donors (Lipinski definition) is 1. The first-order valence-corrected chi connectivity index (χ1v) is 5.04. The van der Waals surface area contributed by atoms with E-state index in [1.165, 1.54) is 30.6 Å². The molecule has 1 aliphatic rings. The maximum absolute atomic E-state index is 5.57. The molecule has 0 aromatic carbocycles. The van der Waals surface area contributed by atoms with Crippen molar-refractivity contribution in [3.8, 4) is 0 Å². The Morgan fingerprint density at radius 2 is 2.50 bits per heavy atom. The first-order valence-electron chi connectivity index (χ1n) is 4.16. The first kappa shape index (κ1) is 8.01. The molecule has 0 amide bonds. The van der Waals surface area contributed by atoms with Gasteiger partial charge in [0, 0.05) is 5.38 Å². The summed E-state index contributed by atoms with van der Waals surface area (Å²) in [5.41, 5.74) is 6.45. The van der Waals surface area contributed by atoms with E-state index in [1.54, 1.807) is 0 Å². The molecule has 0 aliphatic heterocycles. The molecule has 0 radical (unpaired) electrons. The lowest BCUT2D eigenvalue weighted by Gasteiger charge is -2.24. The average Bonchev–Trinajstić information content (AvgIpc) is 2.32. The van der Waals surface area contributed by atoms with Crippen LogP contribution in [-0.4, -0.2) is 11.1 Å². The standard InChI is InChI=1S/C8H12N2OS/c9-8-10-6(5-12-8)4-11-7-2-1-3-7/h5,7H,1-4H2,(H2,9,10). The third-order valence-electron chi connectivity index (χ3n) is 2.09. The summed E-state index contributed by atoms with van der Waals surface area (Å²) in [4.78, 5) is 4.11. The van der Waals surface area contributed by atoms with E-state index >= 15 is 0 Å². The number of ether oxygens (including phenoxy) is 1. The lowest BCUT2D eigenvalue weighted by Crippen LogP contribution is -2.21. The highest BCUT2D eigenvalue weighted by molar-refractivity contribution is 7.13. The van der Waals surface area contributed by atoms with Crippen molar-refractivity contribution in [3.63, 3.8) is 0 Å². The number of thiazole rings is 1. The Bertz CT molecular complexity index is 257. The number of aromatic nitrogens is 1. The Morgan fingerprint density at radius 1 is 1.67 bits per heavy atom. The van der Waals surface area contributed by atoms with E-state index in [1.807, 2.05) is 5.38 Å². The van der Waals surface area contributed by atoms with Gasteiger partial charge < -0.3 is 10.5 Å². The summed E-state index contributed by atoms with van der Waals surface area (Å²) >= 11 is 1.47. The van der Waals surface area contributed by atoms with E-state index in [4.69, 9.17) is 10.5 Å². The van der Waals surface area contributed by atoms with Crippen LogP contribution in [0.1, 0.15) is 25.0 Å². The molecule has 12 heavy (non-hydrogen) atoms. The Morgan fingerprint density at radius 3 is 3.00 bits per heavy atom. The zero-order valence-electron chi connectivity index (χ0n) is 6.82. The third kappa shape index (κ3) is 1.76. The van der Waals surface area contributed by atoms with Gasteiger partial charge in [0.25, 0.3) is 0 Å². The van der Waals surface area contributed by atoms with E-state index in [0.29, 0.717) is 17.8 Å². The van der Waals surface area contributed by atoms with Crippen LogP contribution in [0.5, 0.6) is 0 Å². The van der Waals surface area contributed by atoms with Crippen molar-refractivity contribution in [3.05, 3.63) is 11.1 Å². The van der Waals surface area contributed by atoms with Crippen LogP contribution >= 0.6 is 11.3 Å². The minimum atomic E-state index is 0.480. The molecule has 1 aromatic heterocycles. The van der Waals surface area contributed by atoms with Crippen molar-refractivity contribution in [1.82, 2.24) is 4.98 Å². The van der Waals surface area contributed by atoms with Crippen LogP contribution in [0.15, 0.2) is 5.38 Å². The number of rotatable bonds is 3. The van der Waals surface area contributed by atoms with Crippen molar-refractivity contribution in [2.24, 2.45) is 0 Å². The topological polar surface area (TPSA) is 48.1 Å². The van der Waals surface area contributed by atoms with Crippen molar-refractivity contribution < 1.29 is 4.74 Å². The second-order valence-electron chi connectivity index (χ2n) is 3.04. The Kier molecular flexibility index (Phi) is 2.28. The highest BCUT2D eigenvalue weighted by Gasteiger charge is 2.17. The first-order chi connectivity index (χ1) is 5.84. The molecule has 1 aromatic rings. The van der Waals surface area contributed by atoms with Crippen molar-refractivity contribution in [1.29, 1.82) is 0 Å². The highest BCUT2D eigenvalue weighted by atomic mass is 32.1. The van der Waals surface area contributed by atoms with Crippen LogP contribution in [0.4, 0.5) is 5.13 Å². The summed E-state index contributed by atoms with van der Waals surface area (Å²) < 4.78 is 5.57. The van der Waals surface area contributed by atoms with Crippen LogP contribution in [0.2, 0.25) is 0 Å². The zero-order valence-corrected chi connectivity index (χ0v) is 7.64. The molecule has 0 saturated heterocycles. The molecular formula is C8H12N2OS. The molecule has 0 bridgehead atoms. The minimum absolute atomic E-state index is 0.480. The second-order valence-corrected chi connectivity index (χ2v) is 3.93. The van der Waals surface area contributed by atoms with Gasteiger partial charge >= 0.3 is 0 Å². The summed E-state index contributed by atoms with van der Waals surface area (Å²) in [7, 11) is 0. The predicted molar refractivity (Wildman–Crippen MR) is 49.0 cm³/mol. The fraction of sp³-hybridized carbons (Fsp3) is 0.625. The van der Waals surface area contributed by atoms with Crippen molar-refractivity contribution >= 4 is 16.5 Å². The lowest BCUT2D eigenvalue weighted by atomic mass is 9.96.